The van der Waals surface area contributed by atoms with E-state index in [2.05, 4.69) is 20.3 Å². The Bertz CT molecular complexity index is 559. The quantitative estimate of drug-likeness (QED) is 0.900. The van der Waals surface area contributed by atoms with Crippen molar-refractivity contribution in [1.82, 2.24) is 15.0 Å². The van der Waals surface area contributed by atoms with Crippen LogP contribution in [0.3, 0.4) is 0 Å². The van der Waals surface area contributed by atoms with Crippen molar-refractivity contribution in [2.45, 2.75) is 13.0 Å². The summed E-state index contributed by atoms with van der Waals surface area (Å²) >= 11 is 0. The summed E-state index contributed by atoms with van der Waals surface area (Å²) in [6, 6.07) is 10.3. The first-order valence-electron chi connectivity index (χ1n) is 6.43. The molecule has 1 heterocycles. The molecule has 0 spiro atoms. The molecule has 0 saturated heterocycles. The van der Waals surface area contributed by atoms with E-state index in [0.29, 0.717) is 17.9 Å². The minimum absolute atomic E-state index is 0.127. The molecule has 1 aromatic carbocycles. The molecule has 20 heavy (non-hydrogen) atoms. The highest BCUT2D eigenvalue weighted by Crippen LogP contribution is 2.20. The molecule has 0 aliphatic carbocycles. The van der Waals surface area contributed by atoms with E-state index in [1.165, 1.54) is 0 Å². The summed E-state index contributed by atoms with van der Waals surface area (Å²) in [7, 11) is 5.51. The van der Waals surface area contributed by atoms with E-state index in [-0.39, 0.29) is 6.10 Å². The van der Waals surface area contributed by atoms with Crippen LogP contribution in [0.25, 0.3) is 0 Å². The number of rotatable bonds is 5. The predicted octanol–water partition coefficient (Wildman–Crippen LogP) is 2.12. The van der Waals surface area contributed by atoms with E-state index in [0.717, 1.165) is 5.56 Å². The number of benzene rings is 1. The molecule has 1 unspecified atom stereocenters. The van der Waals surface area contributed by atoms with Crippen molar-refractivity contribution < 1.29 is 4.74 Å². The van der Waals surface area contributed by atoms with Gasteiger partial charge in [-0.15, -0.1) is 0 Å². The summed E-state index contributed by atoms with van der Waals surface area (Å²) < 4.78 is 5.80. The fraction of sp³-hybridized carbons (Fsp3) is 0.357. The average molecular weight is 273 g/mol. The zero-order valence-corrected chi connectivity index (χ0v) is 12.2. The Morgan fingerprint density at radius 2 is 1.80 bits per heavy atom. The van der Waals surface area contributed by atoms with Crippen LogP contribution >= 0.6 is 0 Å². The van der Waals surface area contributed by atoms with Gasteiger partial charge in [-0.05, 0) is 12.5 Å². The minimum atomic E-state index is -0.127. The van der Waals surface area contributed by atoms with Crippen molar-refractivity contribution in [2.24, 2.45) is 0 Å². The van der Waals surface area contributed by atoms with Gasteiger partial charge >= 0.3 is 6.01 Å². The van der Waals surface area contributed by atoms with Gasteiger partial charge in [0.05, 0.1) is 0 Å². The van der Waals surface area contributed by atoms with Crippen LogP contribution in [-0.4, -0.2) is 36.1 Å². The third-order valence-corrected chi connectivity index (χ3v) is 2.78. The second-order valence-corrected chi connectivity index (χ2v) is 4.56. The van der Waals surface area contributed by atoms with Gasteiger partial charge in [0.2, 0.25) is 11.9 Å². The topological polar surface area (TPSA) is 63.2 Å². The first-order valence-corrected chi connectivity index (χ1v) is 6.43. The minimum Gasteiger partial charge on any atom is -0.455 e. The Morgan fingerprint density at radius 1 is 1.10 bits per heavy atom. The standard InChI is InChI=1S/C14H19N5O/c1-10(11-8-6-5-7-9-11)20-14-17-12(15-2)16-13(18-14)19(3)4/h5-10H,1-4H3,(H,15,16,17,18). The first-order chi connectivity index (χ1) is 9.60. The smallest absolute Gasteiger partial charge is 0.323 e. The van der Waals surface area contributed by atoms with Crippen molar-refractivity contribution in [3.63, 3.8) is 0 Å². The molecule has 1 N–H and O–H groups in total. The van der Waals surface area contributed by atoms with Crippen molar-refractivity contribution in [3.05, 3.63) is 35.9 Å². The highest BCUT2D eigenvalue weighted by molar-refractivity contribution is 5.36. The Balaban J connectivity index is 2.22. The van der Waals surface area contributed by atoms with Crippen LogP contribution in [0.2, 0.25) is 0 Å². The summed E-state index contributed by atoms with van der Waals surface area (Å²) in [5.74, 6) is 1.04. The molecule has 2 rings (SSSR count). The lowest BCUT2D eigenvalue weighted by atomic mass is 10.1. The highest BCUT2D eigenvalue weighted by Gasteiger charge is 2.12. The van der Waals surface area contributed by atoms with Crippen LogP contribution in [0.5, 0.6) is 6.01 Å². The monoisotopic (exact) mass is 273 g/mol. The van der Waals surface area contributed by atoms with Gasteiger partial charge in [0, 0.05) is 21.1 Å². The Kier molecular flexibility index (Phi) is 4.34. The van der Waals surface area contributed by atoms with Gasteiger partial charge in [0.15, 0.2) is 0 Å². The van der Waals surface area contributed by atoms with Gasteiger partial charge in [-0.1, -0.05) is 30.3 Å². The molecule has 0 radical (unpaired) electrons. The highest BCUT2D eigenvalue weighted by atomic mass is 16.5. The number of hydrogen-bond donors (Lipinski definition) is 1. The van der Waals surface area contributed by atoms with Gasteiger partial charge in [-0.3, -0.25) is 0 Å². The second kappa shape index (κ2) is 6.18. The zero-order chi connectivity index (χ0) is 14.5. The number of ether oxygens (including phenoxy) is 1. The van der Waals surface area contributed by atoms with Crippen molar-refractivity contribution in [1.29, 1.82) is 0 Å². The Morgan fingerprint density at radius 3 is 2.40 bits per heavy atom. The van der Waals surface area contributed by atoms with Crippen LogP contribution in [-0.2, 0) is 0 Å². The fourth-order valence-electron chi connectivity index (χ4n) is 1.66. The van der Waals surface area contributed by atoms with Gasteiger partial charge in [-0.25, -0.2) is 0 Å². The summed E-state index contributed by atoms with van der Waals surface area (Å²) in [5, 5.41) is 2.91. The van der Waals surface area contributed by atoms with E-state index in [1.54, 1.807) is 7.05 Å². The van der Waals surface area contributed by atoms with E-state index in [4.69, 9.17) is 4.74 Å². The van der Waals surface area contributed by atoms with Crippen molar-refractivity contribution in [3.8, 4) is 6.01 Å². The number of aromatic nitrogens is 3. The molecule has 1 atom stereocenters. The number of hydrogen-bond acceptors (Lipinski definition) is 6. The van der Waals surface area contributed by atoms with E-state index in [1.807, 2.05) is 56.3 Å². The molecule has 6 nitrogen and oxygen atoms in total. The van der Waals surface area contributed by atoms with Gasteiger partial charge in [0.25, 0.3) is 0 Å². The summed E-state index contributed by atoms with van der Waals surface area (Å²) in [5.41, 5.74) is 1.07. The molecule has 0 bridgehead atoms. The van der Waals surface area contributed by atoms with Crippen molar-refractivity contribution in [2.75, 3.05) is 31.4 Å². The lowest BCUT2D eigenvalue weighted by molar-refractivity contribution is 0.207. The maximum atomic E-state index is 5.80. The Hall–Kier alpha value is -2.37. The van der Waals surface area contributed by atoms with Crippen LogP contribution in [0, 0.1) is 0 Å². The number of nitrogens with zero attached hydrogens (tertiary/aromatic N) is 4. The molecule has 0 saturated carbocycles. The fourth-order valence-corrected chi connectivity index (χ4v) is 1.66. The van der Waals surface area contributed by atoms with Crippen LogP contribution < -0.4 is 15.0 Å². The number of anilines is 2. The van der Waals surface area contributed by atoms with E-state index >= 15 is 0 Å². The largest absolute Gasteiger partial charge is 0.455 e. The number of nitrogens with one attached hydrogen (secondary N) is 1. The van der Waals surface area contributed by atoms with Crippen LogP contribution in [0.4, 0.5) is 11.9 Å². The van der Waals surface area contributed by atoms with Crippen molar-refractivity contribution >= 4 is 11.9 Å². The van der Waals surface area contributed by atoms with E-state index < -0.39 is 0 Å². The zero-order valence-electron chi connectivity index (χ0n) is 12.2. The summed E-state index contributed by atoms with van der Waals surface area (Å²) in [4.78, 5) is 14.6. The maximum absolute atomic E-state index is 5.80. The molecular weight excluding hydrogens is 254 g/mol. The van der Waals surface area contributed by atoms with E-state index in [9.17, 15) is 0 Å². The maximum Gasteiger partial charge on any atom is 0.323 e. The molecular formula is C14H19N5O. The third kappa shape index (κ3) is 3.34. The van der Waals surface area contributed by atoms with Crippen LogP contribution in [0.1, 0.15) is 18.6 Å². The van der Waals surface area contributed by atoms with Gasteiger partial charge in [0.1, 0.15) is 6.10 Å². The summed E-state index contributed by atoms with van der Waals surface area (Å²) in [6.07, 6.45) is -0.127. The molecule has 0 aliphatic rings. The molecule has 6 heteroatoms. The average Bonchev–Trinajstić information content (AvgIpc) is 2.47. The lowest BCUT2D eigenvalue weighted by Gasteiger charge is -2.16. The Labute approximate surface area is 118 Å². The summed E-state index contributed by atoms with van der Waals surface area (Å²) in [6.45, 7) is 1.97. The normalized spacial score (nSPS) is 11.8. The molecule has 1 aromatic heterocycles. The first kappa shape index (κ1) is 14.0. The lowest BCUT2D eigenvalue weighted by Crippen LogP contribution is -2.16. The van der Waals surface area contributed by atoms with Crippen LogP contribution in [0.15, 0.2) is 30.3 Å². The van der Waals surface area contributed by atoms with Gasteiger partial charge < -0.3 is 15.0 Å². The SMILES string of the molecule is CNc1nc(OC(C)c2ccccc2)nc(N(C)C)n1. The molecule has 0 fully saturated rings. The third-order valence-electron chi connectivity index (χ3n) is 2.78. The molecule has 0 aliphatic heterocycles. The molecule has 2 aromatic rings. The predicted molar refractivity (Wildman–Crippen MR) is 79.2 cm³/mol. The second-order valence-electron chi connectivity index (χ2n) is 4.56. The molecule has 0 amide bonds. The van der Waals surface area contributed by atoms with Gasteiger partial charge in [-0.2, -0.15) is 15.0 Å². The molecule has 106 valence electrons.